The number of aryl methyl sites for hydroxylation is 3. The van der Waals surface area contributed by atoms with E-state index in [1.54, 1.807) is 35.2 Å². The van der Waals surface area contributed by atoms with E-state index < -0.39 is 0 Å². The lowest BCUT2D eigenvalue weighted by Crippen LogP contribution is -2.14. The van der Waals surface area contributed by atoms with E-state index in [9.17, 15) is 9.18 Å². The fraction of sp³-hybridized carbons (Fsp3) is 0.129. The largest absolute Gasteiger partial charge is 0.330 e. The van der Waals surface area contributed by atoms with Crippen molar-refractivity contribution in [2.24, 2.45) is 7.05 Å². The zero-order valence-corrected chi connectivity index (χ0v) is 22.5. The van der Waals surface area contributed by atoms with Crippen molar-refractivity contribution in [1.29, 1.82) is 0 Å². The van der Waals surface area contributed by atoms with Crippen LogP contribution >= 0.6 is 0 Å². The number of anilines is 1. The molecule has 0 atom stereocenters. The summed E-state index contributed by atoms with van der Waals surface area (Å²) in [5, 5.41) is 7.69. The summed E-state index contributed by atoms with van der Waals surface area (Å²) < 4.78 is 17.1. The van der Waals surface area contributed by atoms with Crippen LogP contribution in [0.4, 0.5) is 10.2 Å². The number of imidazole rings is 2. The average Bonchev–Trinajstić information content (AvgIpc) is 3.48. The summed E-state index contributed by atoms with van der Waals surface area (Å²) in [5.74, 6) is 0.623. The van der Waals surface area contributed by atoms with E-state index in [2.05, 4.69) is 15.3 Å². The van der Waals surface area contributed by atoms with Crippen LogP contribution in [-0.2, 0) is 7.05 Å². The molecular formula is C31H26FN7O. The second-order valence-corrected chi connectivity index (χ2v) is 9.75. The van der Waals surface area contributed by atoms with Gasteiger partial charge < -0.3 is 9.88 Å². The van der Waals surface area contributed by atoms with Gasteiger partial charge in [0.1, 0.15) is 17.3 Å². The minimum atomic E-state index is -0.306. The van der Waals surface area contributed by atoms with Crippen LogP contribution in [0.2, 0.25) is 0 Å². The lowest BCUT2D eigenvalue weighted by molar-refractivity contribution is 0.102. The van der Waals surface area contributed by atoms with Gasteiger partial charge in [-0.15, -0.1) is 0 Å². The van der Waals surface area contributed by atoms with E-state index in [1.165, 1.54) is 12.1 Å². The number of nitrogens with one attached hydrogen (secondary N) is 1. The maximum Gasteiger partial charge on any atom is 0.257 e. The highest BCUT2D eigenvalue weighted by molar-refractivity contribution is 6.05. The fourth-order valence-corrected chi connectivity index (χ4v) is 4.89. The minimum absolute atomic E-state index is 0.257. The Hall–Kier alpha value is -5.18. The maximum atomic E-state index is 13.5. The maximum absolute atomic E-state index is 13.5. The van der Waals surface area contributed by atoms with Crippen molar-refractivity contribution in [2.45, 2.75) is 20.8 Å². The number of aromatic nitrogens is 6. The number of hydrogen-bond donors (Lipinski definition) is 1. The van der Waals surface area contributed by atoms with Gasteiger partial charge in [0, 0.05) is 36.1 Å². The highest BCUT2D eigenvalue weighted by Gasteiger charge is 2.19. The Labute approximate surface area is 230 Å². The lowest BCUT2D eigenvalue weighted by atomic mass is 9.95. The summed E-state index contributed by atoms with van der Waals surface area (Å²) in [6.07, 6.45) is 5.20. The molecule has 0 aliphatic heterocycles. The smallest absolute Gasteiger partial charge is 0.257 e. The lowest BCUT2D eigenvalue weighted by Gasteiger charge is -2.12. The van der Waals surface area contributed by atoms with Crippen LogP contribution in [0.1, 0.15) is 27.3 Å². The van der Waals surface area contributed by atoms with Gasteiger partial charge in [-0.3, -0.25) is 9.78 Å². The Morgan fingerprint density at radius 3 is 2.48 bits per heavy atom. The summed E-state index contributed by atoms with van der Waals surface area (Å²) in [6, 6.07) is 17.7. The third-order valence-electron chi connectivity index (χ3n) is 7.03. The van der Waals surface area contributed by atoms with E-state index in [0.717, 1.165) is 39.3 Å². The van der Waals surface area contributed by atoms with Crippen LogP contribution in [0.5, 0.6) is 0 Å². The summed E-state index contributed by atoms with van der Waals surface area (Å²) in [5.41, 5.74) is 7.94. The Kier molecular flexibility index (Phi) is 6.18. The van der Waals surface area contributed by atoms with Gasteiger partial charge >= 0.3 is 0 Å². The summed E-state index contributed by atoms with van der Waals surface area (Å²) >= 11 is 0. The first-order valence-corrected chi connectivity index (χ1v) is 12.8. The zero-order chi connectivity index (χ0) is 28.0. The van der Waals surface area contributed by atoms with Gasteiger partial charge in [-0.1, -0.05) is 12.1 Å². The molecule has 6 rings (SSSR count). The van der Waals surface area contributed by atoms with Crippen LogP contribution in [-0.4, -0.2) is 35.0 Å². The molecule has 0 unspecified atom stereocenters. The van der Waals surface area contributed by atoms with Gasteiger partial charge in [0.2, 0.25) is 0 Å². The van der Waals surface area contributed by atoms with Gasteiger partial charge in [-0.05, 0) is 86.0 Å². The second-order valence-electron chi connectivity index (χ2n) is 9.75. The number of benzene rings is 2. The predicted molar refractivity (Wildman–Crippen MR) is 152 cm³/mol. The van der Waals surface area contributed by atoms with Crippen LogP contribution in [0.15, 0.2) is 79.3 Å². The molecule has 198 valence electrons. The molecule has 9 heteroatoms. The monoisotopic (exact) mass is 531 g/mol. The number of fused-ring (bicyclic) bond motifs is 1. The summed E-state index contributed by atoms with van der Waals surface area (Å²) in [4.78, 5) is 26.8. The molecule has 0 fully saturated rings. The van der Waals surface area contributed by atoms with E-state index in [-0.39, 0.29) is 11.7 Å². The van der Waals surface area contributed by atoms with Gasteiger partial charge in [0.05, 0.1) is 17.6 Å². The molecule has 0 aliphatic carbocycles. The number of nitrogens with zero attached hydrogens (tertiary/aromatic N) is 6. The fourth-order valence-electron chi connectivity index (χ4n) is 4.89. The Morgan fingerprint density at radius 1 is 0.925 bits per heavy atom. The van der Waals surface area contributed by atoms with Gasteiger partial charge in [-0.25, -0.2) is 18.9 Å². The van der Waals surface area contributed by atoms with Crippen LogP contribution < -0.4 is 5.32 Å². The molecule has 0 bridgehead atoms. The predicted octanol–water partition coefficient (Wildman–Crippen LogP) is 6.18. The van der Waals surface area contributed by atoms with Crippen molar-refractivity contribution in [1.82, 2.24) is 29.1 Å². The van der Waals surface area contributed by atoms with E-state index >= 15 is 0 Å². The molecule has 6 aromatic rings. The number of rotatable bonds is 5. The van der Waals surface area contributed by atoms with Crippen molar-refractivity contribution in [3.8, 4) is 33.8 Å². The average molecular weight is 532 g/mol. The molecule has 2 aromatic carbocycles. The standard InChI is InChI=1S/C31H26FN7O/c1-18-14-19(2)25(15-24(18)22-6-5-13-33-16-22)31(40)36-27-17-39-28(35-27)12-11-26(37-39)30-29(34-20(3)38(30)4)21-7-9-23(32)10-8-21/h5-17H,1-4H3,(H,36,40). The van der Waals surface area contributed by atoms with Gasteiger partial charge in [-0.2, -0.15) is 5.10 Å². The number of hydrogen-bond acceptors (Lipinski definition) is 5. The zero-order valence-electron chi connectivity index (χ0n) is 22.5. The van der Waals surface area contributed by atoms with Crippen LogP contribution in [0, 0.1) is 26.6 Å². The number of halogens is 1. The molecule has 0 radical (unpaired) electrons. The molecule has 1 amide bonds. The Bertz CT molecular complexity index is 1890. The molecule has 0 aliphatic rings. The van der Waals surface area contributed by atoms with Gasteiger partial charge in [0.15, 0.2) is 11.5 Å². The first-order chi connectivity index (χ1) is 19.3. The van der Waals surface area contributed by atoms with Crippen molar-refractivity contribution in [2.75, 3.05) is 5.32 Å². The molecule has 4 heterocycles. The van der Waals surface area contributed by atoms with Crippen LogP contribution in [0.3, 0.4) is 0 Å². The highest BCUT2D eigenvalue weighted by atomic mass is 19.1. The highest BCUT2D eigenvalue weighted by Crippen LogP contribution is 2.32. The SMILES string of the molecule is Cc1cc(C)c(-c2cccnc2)cc1C(=O)Nc1cn2nc(-c3c(-c4ccc(F)cc4)nc(C)n3C)ccc2n1. The van der Waals surface area contributed by atoms with Crippen molar-refractivity contribution in [3.63, 3.8) is 0 Å². The number of pyridine rings is 1. The summed E-state index contributed by atoms with van der Waals surface area (Å²) in [7, 11) is 1.92. The molecule has 4 aromatic heterocycles. The van der Waals surface area contributed by atoms with E-state index in [4.69, 9.17) is 10.1 Å². The second kappa shape index (κ2) is 9.85. The van der Waals surface area contributed by atoms with Crippen molar-refractivity contribution in [3.05, 3.63) is 108 Å². The molecule has 0 saturated heterocycles. The van der Waals surface area contributed by atoms with Crippen LogP contribution in [0.25, 0.3) is 39.4 Å². The quantitative estimate of drug-likeness (QED) is 0.287. The van der Waals surface area contributed by atoms with E-state index in [1.807, 2.05) is 68.8 Å². The van der Waals surface area contributed by atoms with Crippen molar-refractivity contribution < 1.29 is 9.18 Å². The first kappa shape index (κ1) is 25.1. The molecular weight excluding hydrogens is 505 g/mol. The Balaban J connectivity index is 1.33. The molecule has 8 nitrogen and oxygen atoms in total. The normalized spacial score (nSPS) is 11.2. The molecule has 0 saturated carbocycles. The van der Waals surface area contributed by atoms with Gasteiger partial charge in [0.25, 0.3) is 5.91 Å². The number of amides is 1. The van der Waals surface area contributed by atoms with Crippen molar-refractivity contribution >= 4 is 17.4 Å². The number of carbonyl (C=O) groups is 1. The topological polar surface area (TPSA) is 90.0 Å². The minimum Gasteiger partial charge on any atom is -0.330 e. The third kappa shape index (κ3) is 4.51. The molecule has 40 heavy (non-hydrogen) atoms. The third-order valence-corrected chi connectivity index (χ3v) is 7.03. The number of carbonyl (C=O) groups excluding carboxylic acids is 1. The first-order valence-electron chi connectivity index (χ1n) is 12.8. The Morgan fingerprint density at radius 2 is 1.73 bits per heavy atom. The molecule has 0 spiro atoms. The molecule has 1 N–H and O–H groups in total. The summed E-state index contributed by atoms with van der Waals surface area (Å²) in [6.45, 7) is 5.85. The van der Waals surface area contributed by atoms with E-state index in [0.29, 0.717) is 28.4 Å².